The quantitative estimate of drug-likeness (QED) is 0.831. The zero-order chi connectivity index (χ0) is 15.6. The van der Waals surface area contributed by atoms with Gasteiger partial charge in [0.15, 0.2) is 0 Å². The highest BCUT2D eigenvalue weighted by Crippen LogP contribution is 2.22. The number of nitrogens with two attached hydrogens (primary N) is 1. The molecule has 0 aliphatic rings. The van der Waals surface area contributed by atoms with Gasteiger partial charge in [-0.2, -0.15) is 5.26 Å². The van der Waals surface area contributed by atoms with E-state index in [9.17, 15) is 9.18 Å². The van der Waals surface area contributed by atoms with Crippen LogP contribution in [0.3, 0.4) is 0 Å². The normalized spacial score (nSPS) is 10.0. The van der Waals surface area contributed by atoms with E-state index in [2.05, 4.69) is 5.32 Å². The Morgan fingerprint density at radius 3 is 2.67 bits per heavy atom. The number of nitrogens with one attached hydrogen (secondary N) is 1. The minimum atomic E-state index is -0.634. The number of carbonyl (C=O) groups is 1. The summed E-state index contributed by atoms with van der Waals surface area (Å²) in [4.78, 5) is 12.2. The minimum Gasteiger partial charge on any atom is -0.399 e. The van der Waals surface area contributed by atoms with Gasteiger partial charge in [0.25, 0.3) is 5.91 Å². The molecule has 106 valence electrons. The van der Waals surface area contributed by atoms with Crippen molar-refractivity contribution in [2.75, 3.05) is 11.1 Å². The van der Waals surface area contributed by atoms with Gasteiger partial charge >= 0.3 is 0 Å². The van der Waals surface area contributed by atoms with Crippen LogP contribution in [-0.2, 0) is 0 Å². The second-order valence-corrected chi connectivity index (χ2v) is 4.76. The Labute approximate surface area is 122 Å². The lowest BCUT2D eigenvalue weighted by Gasteiger charge is -2.11. The van der Waals surface area contributed by atoms with Crippen molar-refractivity contribution in [3.8, 4) is 6.07 Å². The molecule has 5 heteroatoms. The molecule has 1 amide bonds. The standard InChI is InChI=1S/C16H14FN3O/c1-9-4-3-5-14(13(9)8-18)20-16(21)12-7-11(19)6-10(2)15(12)17/h3-7H,19H2,1-2H3,(H,20,21). The van der Waals surface area contributed by atoms with Gasteiger partial charge in [-0.1, -0.05) is 12.1 Å². The molecule has 3 N–H and O–H groups in total. The fourth-order valence-corrected chi connectivity index (χ4v) is 2.07. The molecular formula is C16H14FN3O. The van der Waals surface area contributed by atoms with Crippen molar-refractivity contribution in [2.45, 2.75) is 13.8 Å². The summed E-state index contributed by atoms with van der Waals surface area (Å²) in [6.07, 6.45) is 0. The molecule has 0 aliphatic heterocycles. The van der Waals surface area contributed by atoms with E-state index >= 15 is 0 Å². The zero-order valence-electron chi connectivity index (χ0n) is 11.7. The maximum atomic E-state index is 14.0. The van der Waals surface area contributed by atoms with Crippen LogP contribution in [0.5, 0.6) is 0 Å². The van der Waals surface area contributed by atoms with Crippen LogP contribution in [0.1, 0.15) is 27.0 Å². The van der Waals surface area contributed by atoms with Crippen molar-refractivity contribution in [3.63, 3.8) is 0 Å². The first-order chi connectivity index (χ1) is 9.93. The molecule has 21 heavy (non-hydrogen) atoms. The number of amides is 1. The lowest BCUT2D eigenvalue weighted by Crippen LogP contribution is -2.16. The maximum Gasteiger partial charge on any atom is 0.258 e. The van der Waals surface area contributed by atoms with Gasteiger partial charge in [0, 0.05) is 5.69 Å². The first-order valence-electron chi connectivity index (χ1n) is 6.30. The van der Waals surface area contributed by atoms with Crippen molar-refractivity contribution in [2.24, 2.45) is 0 Å². The number of nitriles is 1. The first kappa shape index (κ1) is 14.5. The van der Waals surface area contributed by atoms with Gasteiger partial charge in [0.1, 0.15) is 11.9 Å². The highest BCUT2D eigenvalue weighted by molar-refractivity contribution is 6.05. The van der Waals surface area contributed by atoms with Crippen LogP contribution >= 0.6 is 0 Å². The number of anilines is 2. The molecule has 2 rings (SSSR count). The van der Waals surface area contributed by atoms with Crippen molar-refractivity contribution in [3.05, 3.63) is 58.4 Å². The first-order valence-corrected chi connectivity index (χ1v) is 6.30. The Bertz CT molecular complexity index is 763. The summed E-state index contributed by atoms with van der Waals surface area (Å²) < 4.78 is 14.0. The lowest BCUT2D eigenvalue weighted by molar-refractivity contribution is 0.102. The Kier molecular flexibility index (Phi) is 3.90. The van der Waals surface area contributed by atoms with E-state index in [4.69, 9.17) is 11.0 Å². The van der Waals surface area contributed by atoms with E-state index in [1.807, 2.05) is 6.07 Å². The summed E-state index contributed by atoms with van der Waals surface area (Å²) in [5.74, 6) is -1.25. The van der Waals surface area contributed by atoms with Crippen LogP contribution in [0, 0.1) is 31.0 Å². The number of benzene rings is 2. The van der Waals surface area contributed by atoms with E-state index in [0.717, 1.165) is 5.56 Å². The molecule has 0 bridgehead atoms. The van der Waals surface area contributed by atoms with Crippen molar-refractivity contribution >= 4 is 17.3 Å². The van der Waals surface area contributed by atoms with Gasteiger partial charge in [-0.15, -0.1) is 0 Å². The van der Waals surface area contributed by atoms with E-state index < -0.39 is 11.7 Å². The molecule has 2 aromatic carbocycles. The van der Waals surface area contributed by atoms with Gasteiger partial charge in [-0.3, -0.25) is 4.79 Å². The minimum absolute atomic E-state index is 0.141. The predicted molar refractivity (Wildman–Crippen MR) is 79.4 cm³/mol. The van der Waals surface area contributed by atoms with E-state index in [1.54, 1.807) is 25.1 Å². The molecule has 0 atom stereocenters. The van der Waals surface area contributed by atoms with Crippen LogP contribution in [0.25, 0.3) is 0 Å². The summed E-state index contributed by atoms with van der Waals surface area (Å²) in [7, 11) is 0. The number of aryl methyl sites for hydroxylation is 2. The van der Waals surface area contributed by atoms with Gasteiger partial charge in [-0.25, -0.2) is 4.39 Å². The van der Waals surface area contributed by atoms with Gasteiger partial charge in [0.2, 0.25) is 0 Å². The smallest absolute Gasteiger partial charge is 0.258 e. The average Bonchev–Trinajstić information content (AvgIpc) is 2.43. The Hall–Kier alpha value is -2.87. The monoisotopic (exact) mass is 283 g/mol. The fourth-order valence-electron chi connectivity index (χ4n) is 2.07. The van der Waals surface area contributed by atoms with Gasteiger partial charge < -0.3 is 11.1 Å². The Morgan fingerprint density at radius 1 is 1.29 bits per heavy atom. The summed E-state index contributed by atoms with van der Waals surface area (Å²) >= 11 is 0. The largest absolute Gasteiger partial charge is 0.399 e. The second kappa shape index (κ2) is 5.63. The number of halogens is 1. The molecule has 2 aromatic rings. The van der Waals surface area contributed by atoms with Crippen LogP contribution < -0.4 is 11.1 Å². The molecule has 0 radical (unpaired) electrons. The maximum absolute atomic E-state index is 14.0. The summed E-state index contributed by atoms with van der Waals surface area (Å²) in [6.45, 7) is 3.30. The molecule has 4 nitrogen and oxygen atoms in total. The number of nitrogens with zero attached hydrogens (tertiary/aromatic N) is 1. The summed E-state index contributed by atoms with van der Waals surface area (Å²) in [5, 5.41) is 11.7. The Balaban J connectivity index is 2.40. The average molecular weight is 283 g/mol. The van der Waals surface area contributed by atoms with E-state index in [1.165, 1.54) is 19.1 Å². The summed E-state index contributed by atoms with van der Waals surface area (Å²) in [6, 6.07) is 9.84. The van der Waals surface area contributed by atoms with E-state index in [0.29, 0.717) is 22.5 Å². The highest BCUT2D eigenvalue weighted by atomic mass is 19.1. The van der Waals surface area contributed by atoms with Crippen LogP contribution in [0.15, 0.2) is 30.3 Å². The highest BCUT2D eigenvalue weighted by Gasteiger charge is 2.16. The van der Waals surface area contributed by atoms with Crippen LogP contribution in [-0.4, -0.2) is 5.91 Å². The third-order valence-corrected chi connectivity index (χ3v) is 3.15. The number of rotatable bonds is 2. The fraction of sp³-hybridized carbons (Fsp3) is 0.125. The molecule has 0 spiro atoms. The molecule has 0 saturated heterocycles. The number of hydrogen-bond acceptors (Lipinski definition) is 3. The number of nitrogen functional groups attached to an aromatic ring is 1. The van der Waals surface area contributed by atoms with Crippen molar-refractivity contribution in [1.82, 2.24) is 0 Å². The topological polar surface area (TPSA) is 78.9 Å². The van der Waals surface area contributed by atoms with Gasteiger partial charge in [0.05, 0.1) is 16.8 Å². The third-order valence-electron chi connectivity index (χ3n) is 3.15. The molecule has 0 unspecified atom stereocenters. The number of carbonyl (C=O) groups excluding carboxylic acids is 1. The van der Waals surface area contributed by atoms with Gasteiger partial charge in [-0.05, 0) is 43.2 Å². The van der Waals surface area contributed by atoms with Crippen LogP contribution in [0.4, 0.5) is 15.8 Å². The predicted octanol–water partition coefficient (Wildman–Crippen LogP) is 3.15. The summed E-state index contributed by atoms with van der Waals surface area (Å²) in [5.41, 5.74) is 7.54. The van der Waals surface area contributed by atoms with Crippen LogP contribution in [0.2, 0.25) is 0 Å². The third kappa shape index (κ3) is 2.84. The van der Waals surface area contributed by atoms with Crippen molar-refractivity contribution in [1.29, 1.82) is 5.26 Å². The molecule has 0 fully saturated rings. The lowest BCUT2D eigenvalue weighted by atomic mass is 10.1. The molecule has 0 heterocycles. The van der Waals surface area contributed by atoms with Crippen molar-refractivity contribution < 1.29 is 9.18 Å². The second-order valence-electron chi connectivity index (χ2n) is 4.76. The molecule has 0 aromatic heterocycles. The molecule has 0 aliphatic carbocycles. The molecule has 0 saturated carbocycles. The Morgan fingerprint density at radius 2 is 2.00 bits per heavy atom. The van der Waals surface area contributed by atoms with E-state index in [-0.39, 0.29) is 5.56 Å². The zero-order valence-corrected chi connectivity index (χ0v) is 11.7. The number of hydrogen-bond donors (Lipinski definition) is 2. The SMILES string of the molecule is Cc1cc(N)cc(C(=O)Nc2cccc(C)c2C#N)c1F. The molecular weight excluding hydrogens is 269 g/mol.